The lowest BCUT2D eigenvalue weighted by molar-refractivity contribution is -0.155. The van der Waals surface area contributed by atoms with Gasteiger partial charge in [0.2, 0.25) is 0 Å². The van der Waals surface area contributed by atoms with Crippen LogP contribution >= 0.6 is 0 Å². The molecule has 1 aliphatic heterocycles. The van der Waals surface area contributed by atoms with E-state index in [9.17, 15) is 19.2 Å². The molecule has 0 spiro atoms. The molecule has 4 rings (SSSR count). The van der Waals surface area contributed by atoms with E-state index >= 15 is 0 Å². The van der Waals surface area contributed by atoms with Crippen molar-refractivity contribution in [3.63, 3.8) is 0 Å². The molecule has 2 fully saturated rings. The summed E-state index contributed by atoms with van der Waals surface area (Å²) in [6.45, 7) is 2.59. The minimum absolute atomic E-state index is 0.0987. The van der Waals surface area contributed by atoms with Crippen LogP contribution < -0.4 is 10.6 Å². The Kier molecular flexibility index (Phi) is 4.93. The van der Waals surface area contributed by atoms with Crippen LogP contribution in [-0.4, -0.2) is 46.9 Å². The summed E-state index contributed by atoms with van der Waals surface area (Å²) in [5.41, 5.74) is -0.382. The van der Waals surface area contributed by atoms with Gasteiger partial charge in [-0.2, -0.15) is 0 Å². The van der Waals surface area contributed by atoms with Crippen LogP contribution in [-0.2, 0) is 19.1 Å². The van der Waals surface area contributed by atoms with Crippen LogP contribution in [0.4, 0.5) is 10.5 Å². The molecule has 2 aromatic carbocycles. The van der Waals surface area contributed by atoms with Crippen LogP contribution in [0.5, 0.6) is 0 Å². The van der Waals surface area contributed by atoms with E-state index in [1.54, 1.807) is 13.0 Å². The van der Waals surface area contributed by atoms with Gasteiger partial charge in [-0.25, -0.2) is 4.79 Å². The van der Waals surface area contributed by atoms with Gasteiger partial charge in [-0.05, 0) is 55.5 Å². The number of carbonyl (C=O) groups excluding carboxylic acids is 4. The van der Waals surface area contributed by atoms with Crippen LogP contribution in [0, 0.1) is 5.92 Å². The highest BCUT2D eigenvalue weighted by Gasteiger charge is 2.56. The van der Waals surface area contributed by atoms with Gasteiger partial charge >= 0.3 is 12.0 Å². The fourth-order valence-electron chi connectivity index (χ4n) is 3.72. The highest BCUT2D eigenvalue weighted by molar-refractivity contribution is 6.09. The number of anilines is 1. The highest BCUT2D eigenvalue weighted by Crippen LogP contribution is 2.42. The molecule has 2 aliphatic rings. The molecule has 1 saturated carbocycles. The lowest BCUT2D eigenvalue weighted by Gasteiger charge is -2.21. The molecule has 2 N–H and O–H groups in total. The number of amides is 4. The van der Waals surface area contributed by atoms with Gasteiger partial charge in [0.15, 0.2) is 6.10 Å². The van der Waals surface area contributed by atoms with Gasteiger partial charge in [-0.3, -0.25) is 19.3 Å². The zero-order valence-corrected chi connectivity index (χ0v) is 16.8. The topological polar surface area (TPSA) is 105 Å². The van der Waals surface area contributed by atoms with Crippen molar-refractivity contribution < 1.29 is 23.9 Å². The van der Waals surface area contributed by atoms with Gasteiger partial charge in [0.05, 0.1) is 0 Å². The maximum atomic E-state index is 12.6. The summed E-state index contributed by atoms with van der Waals surface area (Å²) in [7, 11) is 0. The van der Waals surface area contributed by atoms with Gasteiger partial charge in [0.25, 0.3) is 11.8 Å². The Morgan fingerprint density at radius 2 is 1.90 bits per heavy atom. The summed E-state index contributed by atoms with van der Waals surface area (Å²) in [5.74, 6) is -1.65. The first-order valence-electron chi connectivity index (χ1n) is 9.91. The summed E-state index contributed by atoms with van der Waals surface area (Å²) in [6.07, 6.45) is 0.652. The maximum absolute atomic E-state index is 12.6. The average molecular weight is 409 g/mol. The molecule has 1 heterocycles. The Morgan fingerprint density at radius 1 is 1.20 bits per heavy atom. The molecule has 1 aliphatic carbocycles. The average Bonchev–Trinajstić information content (AvgIpc) is 3.54. The molecule has 8 nitrogen and oxygen atoms in total. The van der Waals surface area contributed by atoms with Crippen LogP contribution in [0.3, 0.4) is 0 Å². The minimum atomic E-state index is -1.08. The van der Waals surface area contributed by atoms with Crippen LogP contribution in [0.15, 0.2) is 42.5 Å². The first-order chi connectivity index (χ1) is 14.3. The molecule has 1 saturated heterocycles. The summed E-state index contributed by atoms with van der Waals surface area (Å²) in [5, 5.41) is 7.39. The number of imide groups is 1. The second kappa shape index (κ2) is 7.44. The smallest absolute Gasteiger partial charge is 0.327 e. The summed E-state index contributed by atoms with van der Waals surface area (Å²) >= 11 is 0. The molecule has 4 amide bonds. The quantitative estimate of drug-likeness (QED) is 0.563. The molecular weight excluding hydrogens is 386 g/mol. The number of esters is 1. The zero-order chi connectivity index (χ0) is 21.5. The number of hydrogen-bond donors (Lipinski definition) is 2. The lowest BCUT2D eigenvalue weighted by atomic mass is 9.96. The van der Waals surface area contributed by atoms with E-state index in [4.69, 9.17) is 4.74 Å². The number of nitrogens with one attached hydrogen (secondary N) is 2. The van der Waals surface area contributed by atoms with Crippen molar-refractivity contribution in [2.45, 2.75) is 38.3 Å². The van der Waals surface area contributed by atoms with Gasteiger partial charge in [0.1, 0.15) is 12.1 Å². The fourth-order valence-corrected chi connectivity index (χ4v) is 3.72. The van der Waals surface area contributed by atoms with E-state index in [1.807, 2.05) is 36.4 Å². The number of carbonyl (C=O) groups is 4. The summed E-state index contributed by atoms with van der Waals surface area (Å²) < 4.78 is 5.15. The second-order valence-corrected chi connectivity index (χ2v) is 7.98. The molecule has 156 valence electrons. The fraction of sp³-hybridized carbons (Fsp3) is 0.364. The molecule has 0 unspecified atom stereocenters. The Labute approximate surface area is 173 Å². The lowest BCUT2D eigenvalue weighted by Crippen LogP contribution is -2.46. The molecule has 0 radical (unpaired) electrons. The molecule has 0 aromatic heterocycles. The Morgan fingerprint density at radius 3 is 2.60 bits per heavy atom. The van der Waals surface area contributed by atoms with Gasteiger partial charge in [0, 0.05) is 5.69 Å². The molecule has 8 heteroatoms. The van der Waals surface area contributed by atoms with Crippen LogP contribution in [0.25, 0.3) is 10.8 Å². The molecule has 2 aromatic rings. The van der Waals surface area contributed by atoms with Crippen LogP contribution in [0.1, 0.15) is 26.7 Å². The zero-order valence-electron chi connectivity index (χ0n) is 16.8. The Balaban J connectivity index is 1.34. The molecule has 2 atom stereocenters. The van der Waals surface area contributed by atoms with Crippen molar-refractivity contribution >= 4 is 40.3 Å². The third-order valence-corrected chi connectivity index (χ3v) is 5.68. The number of ether oxygens (including phenoxy) is 1. The van der Waals surface area contributed by atoms with Crippen molar-refractivity contribution in [3.8, 4) is 0 Å². The number of rotatable bonds is 6. The molecule has 30 heavy (non-hydrogen) atoms. The van der Waals surface area contributed by atoms with Crippen LogP contribution in [0.2, 0.25) is 0 Å². The second-order valence-electron chi connectivity index (χ2n) is 7.98. The molecular formula is C22H23N3O5. The summed E-state index contributed by atoms with van der Waals surface area (Å²) in [4.78, 5) is 50.2. The number of urea groups is 1. The van der Waals surface area contributed by atoms with E-state index in [0.29, 0.717) is 5.69 Å². The van der Waals surface area contributed by atoms with E-state index in [1.165, 1.54) is 6.92 Å². The van der Waals surface area contributed by atoms with E-state index < -0.39 is 42.0 Å². The van der Waals surface area contributed by atoms with Crippen molar-refractivity contribution in [3.05, 3.63) is 42.5 Å². The largest absolute Gasteiger partial charge is 0.451 e. The third-order valence-electron chi connectivity index (χ3n) is 5.68. The van der Waals surface area contributed by atoms with Crippen molar-refractivity contribution in [2.24, 2.45) is 5.92 Å². The van der Waals surface area contributed by atoms with Crippen molar-refractivity contribution in [1.82, 2.24) is 10.2 Å². The van der Waals surface area contributed by atoms with E-state index in [-0.39, 0.29) is 5.92 Å². The predicted octanol–water partition coefficient (Wildman–Crippen LogP) is 2.43. The first-order valence-corrected chi connectivity index (χ1v) is 9.91. The number of hydrogen-bond acceptors (Lipinski definition) is 5. The third kappa shape index (κ3) is 3.72. The van der Waals surface area contributed by atoms with Gasteiger partial charge < -0.3 is 15.4 Å². The monoisotopic (exact) mass is 409 g/mol. The predicted molar refractivity (Wildman–Crippen MR) is 110 cm³/mol. The minimum Gasteiger partial charge on any atom is -0.451 e. The van der Waals surface area contributed by atoms with Gasteiger partial charge in [-0.15, -0.1) is 0 Å². The summed E-state index contributed by atoms with van der Waals surface area (Å²) in [6, 6.07) is 12.6. The first kappa shape index (κ1) is 19.9. The normalized spacial score (nSPS) is 22.0. The number of nitrogens with zero attached hydrogens (tertiary/aromatic N) is 1. The standard InChI is InChI=1S/C22H23N3O5/c1-13(19(27)23-17-10-7-14-5-3-4-6-15(14)11-17)30-18(26)12-25-20(28)22(2,16-8-9-16)24-21(25)29/h3-7,10-11,13,16H,8-9,12H2,1-2H3,(H,23,27)(H,24,29)/t13-,22-/m0/s1. The maximum Gasteiger partial charge on any atom is 0.327 e. The Bertz CT molecular complexity index is 1050. The van der Waals surface area contributed by atoms with Gasteiger partial charge in [-0.1, -0.05) is 30.3 Å². The number of benzene rings is 2. The van der Waals surface area contributed by atoms with Crippen molar-refractivity contribution in [2.75, 3.05) is 11.9 Å². The highest BCUT2D eigenvalue weighted by atomic mass is 16.5. The Hall–Kier alpha value is -3.42. The van der Waals surface area contributed by atoms with E-state index in [0.717, 1.165) is 28.5 Å². The van der Waals surface area contributed by atoms with Crippen molar-refractivity contribution in [1.29, 1.82) is 0 Å². The molecule has 0 bridgehead atoms. The SMILES string of the molecule is C[C@H](OC(=O)CN1C(=O)N[C@@](C)(C2CC2)C1=O)C(=O)Nc1ccc2ccccc2c1. The van der Waals surface area contributed by atoms with E-state index in [2.05, 4.69) is 10.6 Å². The number of fused-ring (bicyclic) bond motifs is 1.